The van der Waals surface area contributed by atoms with Crippen LogP contribution < -0.4 is 0 Å². The van der Waals surface area contributed by atoms with Crippen LogP contribution in [0.1, 0.15) is 42.5 Å². The van der Waals surface area contributed by atoms with Gasteiger partial charge < -0.3 is 14.2 Å². The molecule has 1 aromatic heterocycles. The molecule has 0 N–H and O–H groups in total. The van der Waals surface area contributed by atoms with Crippen LogP contribution in [0.15, 0.2) is 46.6 Å². The Hall–Kier alpha value is -2.40. The van der Waals surface area contributed by atoms with E-state index in [2.05, 4.69) is 32.8 Å². The molecule has 2 aromatic rings. The van der Waals surface area contributed by atoms with E-state index in [9.17, 15) is 4.79 Å². The predicted molar refractivity (Wildman–Crippen MR) is 111 cm³/mol. The highest BCUT2D eigenvalue weighted by atomic mass is 16.5. The molecule has 1 atom stereocenters. The number of nitrogens with zero attached hydrogens (tertiary/aromatic N) is 3. The Morgan fingerprint density at radius 2 is 2.14 bits per heavy atom. The van der Waals surface area contributed by atoms with Gasteiger partial charge in [-0.2, -0.15) is 0 Å². The number of hydrogen-bond donors (Lipinski definition) is 0. The number of aliphatic imine (C=N–C) groups is 1. The second-order valence-electron chi connectivity index (χ2n) is 8.18. The summed E-state index contributed by atoms with van der Waals surface area (Å²) in [4.78, 5) is 20.3. The highest BCUT2D eigenvalue weighted by molar-refractivity contribution is 6.07. The first-order chi connectivity index (χ1) is 13.8. The molecule has 0 saturated heterocycles. The standard InChI is InChI=1S/C23H27N3O2/c1-28-12-11-25-10-9-20-21(3-2-4-22(20)25)23(27)26(18-7-8-18)19-6-5-16-14-24-15-17(16)13-19/h2-4,9-10,15,18-19H,5-8,11-14H2,1H3. The minimum atomic E-state index is 0.196. The van der Waals surface area contributed by atoms with Gasteiger partial charge in [-0.05, 0) is 61.4 Å². The zero-order chi connectivity index (χ0) is 19.1. The van der Waals surface area contributed by atoms with E-state index in [0.717, 1.165) is 61.7 Å². The Morgan fingerprint density at radius 1 is 1.25 bits per heavy atom. The monoisotopic (exact) mass is 377 g/mol. The van der Waals surface area contributed by atoms with Gasteiger partial charge in [-0.1, -0.05) is 6.07 Å². The molecule has 1 aliphatic heterocycles. The summed E-state index contributed by atoms with van der Waals surface area (Å²) in [5, 5.41) is 1.05. The number of carbonyl (C=O) groups excluding carboxylic acids is 1. The number of carbonyl (C=O) groups is 1. The van der Waals surface area contributed by atoms with Crippen molar-refractivity contribution in [3.8, 4) is 0 Å². The molecule has 1 saturated carbocycles. The van der Waals surface area contributed by atoms with Crippen LogP contribution in [-0.4, -0.2) is 53.9 Å². The van der Waals surface area contributed by atoms with E-state index < -0.39 is 0 Å². The van der Waals surface area contributed by atoms with Crippen molar-refractivity contribution in [2.75, 3.05) is 20.3 Å². The Bertz CT molecular complexity index is 967. The van der Waals surface area contributed by atoms with Gasteiger partial charge in [0, 0.05) is 54.6 Å². The molecule has 5 heteroatoms. The van der Waals surface area contributed by atoms with Gasteiger partial charge in [-0.3, -0.25) is 9.79 Å². The van der Waals surface area contributed by atoms with Gasteiger partial charge in [0.05, 0.1) is 13.2 Å². The predicted octanol–water partition coefficient (Wildman–Crippen LogP) is 3.83. The molecule has 1 unspecified atom stereocenters. The normalized spacial score (nSPS) is 21.4. The fourth-order valence-electron chi connectivity index (χ4n) is 4.75. The fourth-order valence-corrected chi connectivity index (χ4v) is 4.75. The van der Waals surface area contributed by atoms with Crippen molar-refractivity contribution in [2.45, 2.75) is 50.7 Å². The number of rotatable bonds is 6. The topological polar surface area (TPSA) is 46.8 Å². The largest absolute Gasteiger partial charge is 0.383 e. The zero-order valence-electron chi connectivity index (χ0n) is 16.4. The highest BCUT2D eigenvalue weighted by Gasteiger charge is 2.39. The minimum absolute atomic E-state index is 0.196. The number of aromatic nitrogens is 1. The number of methoxy groups -OCH3 is 1. The molecule has 1 amide bonds. The molecule has 2 aliphatic carbocycles. The summed E-state index contributed by atoms with van der Waals surface area (Å²) in [6.45, 7) is 2.33. The summed E-state index contributed by atoms with van der Waals surface area (Å²) in [5.74, 6) is 0.196. The van der Waals surface area contributed by atoms with E-state index in [1.165, 1.54) is 11.1 Å². The minimum Gasteiger partial charge on any atom is -0.383 e. The SMILES string of the molecule is COCCn1ccc2c(C(=O)N(C3CC3)C3CCC4=C(C=NC4)C3)cccc21. The van der Waals surface area contributed by atoms with Crippen molar-refractivity contribution >= 4 is 23.0 Å². The molecule has 146 valence electrons. The lowest BCUT2D eigenvalue weighted by molar-refractivity contribution is 0.0647. The maximum atomic E-state index is 13.7. The van der Waals surface area contributed by atoms with E-state index in [0.29, 0.717) is 18.7 Å². The third-order valence-electron chi connectivity index (χ3n) is 6.37. The van der Waals surface area contributed by atoms with Gasteiger partial charge in [-0.25, -0.2) is 0 Å². The molecule has 0 bridgehead atoms. The van der Waals surface area contributed by atoms with Crippen LogP contribution in [0.3, 0.4) is 0 Å². The van der Waals surface area contributed by atoms with Gasteiger partial charge in [0.25, 0.3) is 5.91 Å². The van der Waals surface area contributed by atoms with E-state index in [4.69, 9.17) is 4.74 Å². The fraction of sp³-hybridized carbons (Fsp3) is 0.478. The first kappa shape index (κ1) is 17.7. The van der Waals surface area contributed by atoms with E-state index in [1.54, 1.807) is 7.11 Å². The Morgan fingerprint density at radius 3 is 2.96 bits per heavy atom. The number of amides is 1. The van der Waals surface area contributed by atoms with Crippen LogP contribution in [0.2, 0.25) is 0 Å². The molecule has 5 rings (SSSR count). The molecular weight excluding hydrogens is 350 g/mol. The third-order valence-corrected chi connectivity index (χ3v) is 6.37. The lowest BCUT2D eigenvalue weighted by Crippen LogP contribution is -2.43. The smallest absolute Gasteiger partial charge is 0.255 e. The zero-order valence-corrected chi connectivity index (χ0v) is 16.4. The van der Waals surface area contributed by atoms with E-state index in [-0.39, 0.29) is 5.91 Å². The first-order valence-corrected chi connectivity index (χ1v) is 10.4. The molecule has 3 aliphatic rings. The summed E-state index contributed by atoms with van der Waals surface area (Å²) >= 11 is 0. The van der Waals surface area contributed by atoms with Gasteiger partial charge in [0.2, 0.25) is 0 Å². The molecule has 1 aromatic carbocycles. The maximum Gasteiger partial charge on any atom is 0.255 e. The number of fused-ring (bicyclic) bond motifs is 1. The van der Waals surface area contributed by atoms with Crippen LogP contribution in [0.5, 0.6) is 0 Å². The summed E-state index contributed by atoms with van der Waals surface area (Å²) in [6.07, 6.45) is 9.47. The molecule has 0 radical (unpaired) electrons. The second-order valence-corrected chi connectivity index (χ2v) is 8.18. The van der Waals surface area contributed by atoms with Crippen LogP contribution in [0.25, 0.3) is 10.9 Å². The third kappa shape index (κ3) is 3.08. The van der Waals surface area contributed by atoms with Crippen LogP contribution in [0.4, 0.5) is 0 Å². The van der Waals surface area contributed by atoms with Crippen LogP contribution in [-0.2, 0) is 11.3 Å². The van der Waals surface area contributed by atoms with Gasteiger partial charge in [-0.15, -0.1) is 0 Å². The van der Waals surface area contributed by atoms with Crippen molar-refractivity contribution in [1.82, 2.24) is 9.47 Å². The molecular formula is C23H27N3O2. The van der Waals surface area contributed by atoms with Gasteiger partial charge in [0.15, 0.2) is 0 Å². The van der Waals surface area contributed by atoms with Crippen molar-refractivity contribution in [2.24, 2.45) is 4.99 Å². The van der Waals surface area contributed by atoms with Gasteiger partial charge in [0.1, 0.15) is 0 Å². The second kappa shape index (κ2) is 7.21. The van der Waals surface area contributed by atoms with Crippen molar-refractivity contribution in [1.29, 1.82) is 0 Å². The van der Waals surface area contributed by atoms with E-state index >= 15 is 0 Å². The molecule has 2 heterocycles. The van der Waals surface area contributed by atoms with Gasteiger partial charge >= 0.3 is 0 Å². The molecule has 5 nitrogen and oxygen atoms in total. The lowest BCUT2D eigenvalue weighted by Gasteiger charge is -2.35. The first-order valence-electron chi connectivity index (χ1n) is 10.4. The molecule has 1 fully saturated rings. The van der Waals surface area contributed by atoms with E-state index in [1.807, 2.05) is 18.3 Å². The highest BCUT2D eigenvalue weighted by Crippen LogP contribution is 2.38. The Kier molecular flexibility index (Phi) is 4.55. The lowest BCUT2D eigenvalue weighted by atomic mass is 9.88. The molecule has 0 spiro atoms. The average molecular weight is 377 g/mol. The number of benzene rings is 1. The average Bonchev–Trinajstić information content (AvgIpc) is 3.28. The van der Waals surface area contributed by atoms with Crippen molar-refractivity contribution in [3.05, 3.63) is 47.2 Å². The maximum absolute atomic E-state index is 13.7. The number of ether oxygens (including phenoxy) is 1. The summed E-state index contributed by atoms with van der Waals surface area (Å²) < 4.78 is 7.39. The Balaban J connectivity index is 1.45. The summed E-state index contributed by atoms with van der Waals surface area (Å²) in [5.41, 5.74) is 4.80. The Labute approximate surface area is 165 Å². The quantitative estimate of drug-likeness (QED) is 0.768. The van der Waals surface area contributed by atoms with Crippen molar-refractivity contribution in [3.63, 3.8) is 0 Å². The molecule has 28 heavy (non-hydrogen) atoms. The van der Waals surface area contributed by atoms with Crippen molar-refractivity contribution < 1.29 is 9.53 Å². The summed E-state index contributed by atoms with van der Waals surface area (Å²) in [7, 11) is 1.72. The number of hydrogen-bond acceptors (Lipinski definition) is 3. The summed E-state index contributed by atoms with van der Waals surface area (Å²) in [6, 6.07) is 8.88. The van der Waals surface area contributed by atoms with Crippen LogP contribution >= 0.6 is 0 Å². The van der Waals surface area contributed by atoms with Crippen LogP contribution in [0, 0.1) is 0 Å².